The topological polar surface area (TPSA) is 71.5 Å². The largest absolute Gasteiger partial charge is 0.433 e. The molecule has 0 bridgehead atoms. The fourth-order valence-corrected chi connectivity index (χ4v) is 4.55. The third-order valence-electron chi connectivity index (χ3n) is 5.14. The molecule has 0 unspecified atom stereocenters. The first-order chi connectivity index (χ1) is 14.7. The van der Waals surface area contributed by atoms with Gasteiger partial charge >= 0.3 is 0 Å². The second kappa shape index (κ2) is 9.11. The van der Waals surface area contributed by atoms with Gasteiger partial charge in [-0.3, -0.25) is 4.68 Å². The van der Waals surface area contributed by atoms with Crippen molar-refractivity contribution in [2.45, 2.75) is 41.6 Å². The van der Waals surface area contributed by atoms with Gasteiger partial charge in [0.15, 0.2) is 17.3 Å². The Bertz CT molecular complexity index is 979. The highest BCUT2D eigenvalue weighted by Crippen LogP contribution is 2.39. The Morgan fingerprint density at radius 1 is 1.07 bits per heavy atom. The van der Waals surface area contributed by atoms with Gasteiger partial charge in [-0.15, -0.1) is 0 Å². The number of nitrogens with zero attached hydrogens (tertiary/aromatic N) is 3. The van der Waals surface area contributed by atoms with Crippen molar-refractivity contribution in [2.24, 2.45) is 0 Å². The van der Waals surface area contributed by atoms with Crippen molar-refractivity contribution in [1.82, 2.24) is 14.8 Å². The van der Waals surface area contributed by atoms with Crippen LogP contribution in [0.25, 0.3) is 11.3 Å². The minimum Gasteiger partial charge on any atom is -0.433 e. The van der Waals surface area contributed by atoms with Gasteiger partial charge in [0.1, 0.15) is 5.69 Å². The summed E-state index contributed by atoms with van der Waals surface area (Å²) in [6.07, 6.45) is 5.35. The minimum absolute atomic E-state index is 0.254. The van der Waals surface area contributed by atoms with Crippen LogP contribution in [0.4, 0.5) is 0 Å². The zero-order chi connectivity index (χ0) is 20.3. The van der Waals surface area contributed by atoms with Crippen LogP contribution in [-0.2, 0) is 20.8 Å². The van der Waals surface area contributed by atoms with E-state index in [0.29, 0.717) is 24.8 Å². The number of oxazole rings is 1. The van der Waals surface area contributed by atoms with Gasteiger partial charge in [0, 0.05) is 40.8 Å². The summed E-state index contributed by atoms with van der Waals surface area (Å²) in [5.41, 5.74) is 1.71. The Labute approximate surface area is 183 Å². The number of aromatic nitrogens is 3. The molecular weight excluding hydrogens is 426 g/mol. The van der Waals surface area contributed by atoms with Gasteiger partial charge in [0.25, 0.3) is 0 Å². The summed E-state index contributed by atoms with van der Waals surface area (Å²) in [6, 6.07) is 7.70. The highest BCUT2D eigenvalue weighted by molar-refractivity contribution is 7.99. The lowest BCUT2D eigenvalue weighted by atomic mass is 10.0. The highest BCUT2D eigenvalue weighted by Gasteiger charge is 2.26. The second-order valence-electron chi connectivity index (χ2n) is 7.25. The molecule has 0 saturated carbocycles. The first-order valence-electron chi connectivity index (χ1n) is 10.0. The summed E-state index contributed by atoms with van der Waals surface area (Å²) in [5.74, 6) is 1.03. The fraction of sp³-hybridized carbons (Fsp3) is 0.429. The summed E-state index contributed by atoms with van der Waals surface area (Å²) in [7, 11) is 0. The van der Waals surface area contributed by atoms with Gasteiger partial charge in [0.2, 0.25) is 0 Å². The van der Waals surface area contributed by atoms with Crippen molar-refractivity contribution < 1.29 is 18.6 Å². The molecule has 2 aromatic heterocycles. The van der Waals surface area contributed by atoms with Crippen LogP contribution in [0.1, 0.15) is 24.7 Å². The van der Waals surface area contributed by atoms with E-state index < -0.39 is 0 Å². The highest BCUT2D eigenvalue weighted by atomic mass is 35.5. The lowest BCUT2D eigenvalue weighted by molar-refractivity contribution is -0.0545. The van der Waals surface area contributed by atoms with Crippen molar-refractivity contribution in [3.05, 3.63) is 47.6 Å². The van der Waals surface area contributed by atoms with E-state index in [0.717, 1.165) is 53.2 Å². The minimum atomic E-state index is -0.254. The molecule has 0 atom stereocenters. The number of hydrogen-bond donors (Lipinski definition) is 0. The molecule has 0 aliphatic carbocycles. The Balaban J connectivity index is 1.43. The zero-order valence-electron chi connectivity index (χ0n) is 16.3. The molecule has 158 valence electrons. The van der Waals surface area contributed by atoms with E-state index >= 15 is 0 Å². The monoisotopic (exact) mass is 447 g/mol. The summed E-state index contributed by atoms with van der Waals surface area (Å²) in [5, 5.41) is 5.93. The van der Waals surface area contributed by atoms with Crippen molar-refractivity contribution in [2.75, 3.05) is 26.4 Å². The lowest BCUT2D eigenvalue weighted by Crippen LogP contribution is -2.16. The number of benzene rings is 1. The maximum absolute atomic E-state index is 6.26. The summed E-state index contributed by atoms with van der Waals surface area (Å²) in [4.78, 5) is 5.92. The Morgan fingerprint density at radius 3 is 2.60 bits per heavy atom. The smallest absolute Gasteiger partial charge is 0.199 e. The standard InChI is InChI=1S/C21H22ClN3O4S/c22-16-1-3-17(4-2-16)30-21-19(24-20(29-21)14-5-7-26-8-6-14)15-11-23-25(12-15)13-18-27-9-10-28-18/h1-4,11-12,14,18H,5-10,13H2. The molecule has 2 aliphatic heterocycles. The van der Waals surface area contributed by atoms with E-state index in [9.17, 15) is 0 Å². The van der Waals surface area contributed by atoms with Gasteiger partial charge in [-0.1, -0.05) is 11.6 Å². The fourth-order valence-electron chi connectivity index (χ4n) is 3.55. The number of rotatable bonds is 6. The number of ether oxygens (including phenoxy) is 3. The van der Waals surface area contributed by atoms with Crippen molar-refractivity contribution >= 4 is 23.4 Å². The molecule has 0 radical (unpaired) electrons. The van der Waals surface area contributed by atoms with E-state index in [-0.39, 0.29) is 12.2 Å². The average Bonchev–Trinajstić information content (AvgIpc) is 3.52. The maximum Gasteiger partial charge on any atom is 0.199 e. The van der Waals surface area contributed by atoms with Gasteiger partial charge in [0.05, 0.1) is 26.0 Å². The molecule has 30 heavy (non-hydrogen) atoms. The molecule has 5 rings (SSSR count). The van der Waals surface area contributed by atoms with E-state index in [2.05, 4.69) is 5.10 Å². The molecule has 0 amide bonds. The predicted molar refractivity (Wildman–Crippen MR) is 112 cm³/mol. The van der Waals surface area contributed by atoms with Gasteiger partial charge < -0.3 is 18.6 Å². The van der Waals surface area contributed by atoms with Crippen LogP contribution in [0.3, 0.4) is 0 Å². The van der Waals surface area contributed by atoms with Crippen LogP contribution in [-0.4, -0.2) is 47.5 Å². The number of hydrogen-bond acceptors (Lipinski definition) is 7. The van der Waals surface area contributed by atoms with Gasteiger partial charge in [-0.05, 0) is 48.9 Å². The lowest BCUT2D eigenvalue weighted by Gasteiger charge is -2.18. The Kier molecular flexibility index (Phi) is 6.10. The summed E-state index contributed by atoms with van der Waals surface area (Å²) < 4.78 is 24.6. The maximum atomic E-state index is 6.26. The zero-order valence-corrected chi connectivity index (χ0v) is 17.9. The SMILES string of the molecule is Clc1ccc(Sc2oc(C3CCOCC3)nc2-c2cnn(CC3OCCO3)c2)cc1. The van der Waals surface area contributed by atoms with Crippen LogP contribution in [0, 0.1) is 0 Å². The molecule has 0 N–H and O–H groups in total. The molecular formula is C21H22ClN3O4S. The first kappa shape index (κ1) is 20.1. The van der Waals surface area contributed by atoms with Crippen LogP contribution in [0.2, 0.25) is 5.02 Å². The van der Waals surface area contributed by atoms with E-state index in [1.54, 1.807) is 0 Å². The summed E-state index contributed by atoms with van der Waals surface area (Å²) >= 11 is 7.57. The van der Waals surface area contributed by atoms with Crippen LogP contribution in [0.15, 0.2) is 51.1 Å². The average molecular weight is 448 g/mol. The Morgan fingerprint density at radius 2 is 1.83 bits per heavy atom. The quantitative estimate of drug-likeness (QED) is 0.546. The number of halogens is 1. The van der Waals surface area contributed by atoms with Crippen LogP contribution >= 0.6 is 23.4 Å². The van der Waals surface area contributed by atoms with Crippen molar-refractivity contribution in [1.29, 1.82) is 0 Å². The van der Waals surface area contributed by atoms with Gasteiger partial charge in [-0.2, -0.15) is 5.10 Å². The molecule has 7 nitrogen and oxygen atoms in total. The van der Waals surface area contributed by atoms with Gasteiger partial charge in [-0.25, -0.2) is 4.98 Å². The Hall–Kier alpha value is -1.84. The third-order valence-corrected chi connectivity index (χ3v) is 6.36. The van der Waals surface area contributed by atoms with Crippen LogP contribution < -0.4 is 0 Å². The molecule has 9 heteroatoms. The summed E-state index contributed by atoms with van der Waals surface area (Å²) in [6.45, 7) is 3.27. The molecule has 1 aromatic carbocycles. The van der Waals surface area contributed by atoms with Crippen LogP contribution in [0.5, 0.6) is 0 Å². The molecule has 2 fully saturated rings. The molecule has 0 spiro atoms. The first-order valence-corrected chi connectivity index (χ1v) is 11.2. The van der Waals surface area contributed by atoms with Crippen molar-refractivity contribution in [3.63, 3.8) is 0 Å². The van der Waals surface area contributed by atoms with E-state index in [1.807, 2.05) is 41.3 Å². The predicted octanol–water partition coefficient (Wildman–Crippen LogP) is 4.61. The molecule has 2 aliphatic rings. The second-order valence-corrected chi connectivity index (χ2v) is 8.74. The normalized spacial score (nSPS) is 18.3. The molecule has 3 aromatic rings. The third kappa shape index (κ3) is 4.58. The molecule has 4 heterocycles. The van der Waals surface area contributed by atoms with Crippen molar-refractivity contribution in [3.8, 4) is 11.3 Å². The van der Waals surface area contributed by atoms with E-state index in [1.165, 1.54) is 11.8 Å². The molecule has 2 saturated heterocycles. The van der Waals surface area contributed by atoms with E-state index in [4.69, 9.17) is 35.2 Å².